The van der Waals surface area contributed by atoms with Crippen molar-refractivity contribution in [3.63, 3.8) is 0 Å². The molecule has 2 saturated heterocycles. The van der Waals surface area contributed by atoms with Gasteiger partial charge >= 0.3 is 6.18 Å². The largest absolute Gasteiger partial charge is 0.416 e. The zero-order valence-corrected chi connectivity index (χ0v) is 20.6. The van der Waals surface area contributed by atoms with E-state index < -0.39 is 17.6 Å². The van der Waals surface area contributed by atoms with Gasteiger partial charge in [-0.1, -0.05) is 18.2 Å². The Morgan fingerprint density at radius 1 is 1.09 bits per heavy atom. The third kappa shape index (κ3) is 6.37. The minimum Gasteiger partial charge on any atom is -0.355 e. The van der Waals surface area contributed by atoms with Gasteiger partial charge in [-0.25, -0.2) is 0 Å². The zero-order valence-electron chi connectivity index (χ0n) is 18.8. The summed E-state index contributed by atoms with van der Waals surface area (Å²) in [6, 6.07) is 12.3. The maximum atomic E-state index is 13.0. The first kappa shape index (κ1) is 25.5. The van der Waals surface area contributed by atoms with E-state index in [4.69, 9.17) is 11.8 Å². The van der Waals surface area contributed by atoms with Crippen LogP contribution in [0, 0.1) is 0 Å². The lowest BCUT2D eigenvalue weighted by Crippen LogP contribution is -2.47. The summed E-state index contributed by atoms with van der Waals surface area (Å²) < 4.78 is 40.8. The molecule has 35 heavy (non-hydrogen) atoms. The molecule has 0 saturated carbocycles. The molecule has 2 aliphatic heterocycles. The maximum Gasteiger partial charge on any atom is 0.416 e. The third-order valence-corrected chi connectivity index (χ3v) is 7.66. The highest BCUT2D eigenvalue weighted by Crippen LogP contribution is 2.33. The second kappa shape index (κ2) is 11.0. The van der Waals surface area contributed by atoms with E-state index in [1.54, 1.807) is 28.9 Å². The number of halogens is 3. The van der Waals surface area contributed by atoms with Crippen molar-refractivity contribution < 1.29 is 22.8 Å². The molecule has 4 rings (SSSR count). The molecule has 1 unspecified atom stereocenters. The number of rotatable bonds is 8. The Morgan fingerprint density at radius 3 is 2.49 bits per heavy atom. The van der Waals surface area contributed by atoms with Gasteiger partial charge in [-0.15, -0.1) is 0 Å². The number of fused-ring (bicyclic) bond motifs is 2. The van der Waals surface area contributed by atoms with Gasteiger partial charge in [0.25, 0.3) is 5.91 Å². The SMILES string of the molecule is O=C(NCCC(=O)N(P=S)C1C[C@H]2CC[C@@H](C1)N2)c1ccccc1Nc1cccc(C(F)(F)F)c1. The average Bonchev–Trinajstić information content (AvgIpc) is 3.17. The van der Waals surface area contributed by atoms with Crippen molar-refractivity contribution in [3.05, 3.63) is 59.7 Å². The lowest BCUT2D eigenvalue weighted by atomic mass is 9.99. The van der Waals surface area contributed by atoms with E-state index in [2.05, 4.69) is 16.0 Å². The molecule has 2 amide bonds. The molecule has 6 nitrogen and oxygen atoms in total. The smallest absolute Gasteiger partial charge is 0.355 e. The Hall–Kier alpha value is -2.55. The molecule has 2 heterocycles. The van der Waals surface area contributed by atoms with Crippen molar-refractivity contribution in [2.75, 3.05) is 11.9 Å². The maximum absolute atomic E-state index is 13.0. The molecule has 11 heteroatoms. The van der Waals surface area contributed by atoms with Crippen LogP contribution in [0.2, 0.25) is 0 Å². The van der Waals surface area contributed by atoms with Crippen molar-refractivity contribution in [2.45, 2.75) is 56.4 Å². The Balaban J connectivity index is 1.35. The predicted octanol–water partition coefficient (Wildman–Crippen LogP) is 5.00. The molecule has 2 fully saturated rings. The normalized spacial score (nSPS) is 21.5. The van der Waals surface area contributed by atoms with Gasteiger partial charge < -0.3 is 16.0 Å². The molecule has 2 aromatic carbocycles. The fraction of sp³-hybridized carbons (Fsp3) is 0.417. The van der Waals surface area contributed by atoms with Gasteiger partial charge in [-0.05, 0) is 67.8 Å². The average molecular weight is 523 g/mol. The zero-order chi connectivity index (χ0) is 25.0. The number of nitrogens with one attached hydrogen (secondary N) is 3. The van der Waals surface area contributed by atoms with Gasteiger partial charge in [0.2, 0.25) is 5.91 Å². The molecule has 0 aliphatic carbocycles. The van der Waals surface area contributed by atoms with Gasteiger partial charge in [-0.2, -0.15) is 13.2 Å². The number of carbonyl (C=O) groups excluding carboxylic acids is 2. The number of carbonyl (C=O) groups is 2. The van der Waals surface area contributed by atoms with Crippen molar-refractivity contribution in [1.29, 1.82) is 0 Å². The van der Waals surface area contributed by atoms with Crippen molar-refractivity contribution in [3.8, 4) is 0 Å². The van der Waals surface area contributed by atoms with Crippen molar-refractivity contribution >= 4 is 42.5 Å². The Labute approximate surface area is 208 Å². The highest BCUT2D eigenvalue weighted by molar-refractivity contribution is 7.95. The number of alkyl halides is 3. The fourth-order valence-corrected chi connectivity index (χ4v) is 5.94. The van der Waals surface area contributed by atoms with Crippen LogP contribution in [-0.4, -0.2) is 41.2 Å². The lowest BCUT2D eigenvalue weighted by Gasteiger charge is -2.34. The monoisotopic (exact) mass is 522 g/mol. The van der Waals surface area contributed by atoms with Gasteiger partial charge in [0.05, 0.1) is 24.3 Å². The van der Waals surface area contributed by atoms with E-state index in [-0.39, 0.29) is 36.2 Å². The summed E-state index contributed by atoms with van der Waals surface area (Å²) in [5, 5.41) is 9.19. The highest BCUT2D eigenvalue weighted by Gasteiger charge is 2.37. The molecule has 0 aromatic heterocycles. The van der Waals surface area contributed by atoms with Crippen LogP contribution < -0.4 is 16.0 Å². The molecule has 0 spiro atoms. The predicted molar refractivity (Wildman–Crippen MR) is 132 cm³/mol. The quantitative estimate of drug-likeness (QED) is 0.426. The summed E-state index contributed by atoms with van der Waals surface area (Å²) >= 11 is 5.21. The second-order valence-corrected chi connectivity index (χ2v) is 9.92. The van der Waals surface area contributed by atoms with Gasteiger partial charge in [-0.3, -0.25) is 14.3 Å². The van der Waals surface area contributed by atoms with Crippen molar-refractivity contribution in [1.82, 2.24) is 15.3 Å². The third-order valence-electron chi connectivity index (χ3n) is 6.40. The number of para-hydroxylation sites is 1. The Bertz CT molecular complexity index is 1090. The minimum absolute atomic E-state index is 0.0938. The number of nitrogens with zero attached hydrogens (tertiary/aromatic N) is 1. The molecule has 0 radical (unpaired) electrons. The first-order valence-electron chi connectivity index (χ1n) is 11.5. The minimum atomic E-state index is -4.47. The molecule has 2 aromatic rings. The first-order valence-corrected chi connectivity index (χ1v) is 13.3. The van der Waals surface area contributed by atoms with Crippen LogP contribution in [0.5, 0.6) is 0 Å². The molecule has 186 valence electrons. The van der Waals surface area contributed by atoms with Crippen LogP contribution in [0.4, 0.5) is 24.5 Å². The van der Waals surface area contributed by atoms with Crippen LogP contribution in [0.15, 0.2) is 48.5 Å². The van der Waals surface area contributed by atoms with Crippen LogP contribution in [0.25, 0.3) is 0 Å². The topological polar surface area (TPSA) is 73.5 Å². The number of benzene rings is 2. The second-order valence-electron chi connectivity index (χ2n) is 8.84. The summed E-state index contributed by atoms with van der Waals surface area (Å²) in [6.07, 6.45) is -0.298. The Morgan fingerprint density at radius 2 is 1.80 bits per heavy atom. The van der Waals surface area contributed by atoms with Crippen LogP contribution in [0.1, 0.15) is 48.0 Å². The molecular weight excluding hydrogens is 496 g/mol. The van der Waals surface area contributed by atoms with Gasteiger partial charge in [0.15, 0.2) is 0 Å². The van der Waals surface area contributed by atoms with E-state index in [1.165, 1.54) is 12.1 Å². The van der Waals surface area contributed by atoms with E-state index in [0.717, 1.165) is 37.8 Å². The molecule has 2 aliphatic rings. The van der Waals surface area contributed by atoms with Crippen molar-refractivity contribution in [2.24, 2.45) is 0 Å². The lowest BCUT2D eigenvalue weighted by molar-refractivity contribution is -0.137. The summed E-state index contributed by atoms with van der Waals surface area (Å²) in [5.74, 6) is -0.515. The summed E-state index contributed by atoms with van der Waals surface area (Å²) in [7, 11) is 0.487. The highest BCUT2D eigenvalue weighted by atomic mass is 32.4. The number of anilines is 2. The number of piperidine rings is 1. The number of amides is 2. The molecule has 3 atom stereocenters. The summed E-state index contributed by atoms with van der Waals surface area (Å²) in [6.45, 7) is 0.134. The van der Waals surface area contributed by atoms with Gasteiger partial charge in [0, 0.05) is 36.8 Å². The fourth-order valence-electron chi connectivity index (χ4n) is 4.75. The first-order chi connectivity index (χ1) is 16.7. The standard InChI is InChI=1S/C24H26F3N4O2PS/c25-24(26,27)15-4-3-5-16(12-15)30-21-7-2-1-6-20(21)23(33)28-11-10-22(32)31(34-35)19-13-17-8-9-18(14-19)29-17/h1-7,12,17-19,29-30H,8-11,13-14H2,(H,28,33)/t17-,18+,19?. The van der Waals surface area contributed by atoms with Crippen LogP contribution in [-0.2, 0) is 22.8 Å². The molecular formula is C24H26F3N4O2PS. The van der Waals surface area contributed by atoms with Gasteiger partial charge in [0.1, 0.15) is 0 Å². The van der Waals surface area contributed by atoms with Crippen LogP contribution in [0.3, 0.4) is 0 Å². The molecule has 2 bridgehead atoms. The van der Waals surface area contributed by atoms with E-state index in [0.29, 0.717) is 25.3 Å². The summed E-state index contributed by atoms with van der Waals surface area (Å²) in [5.41, 5.74) is 0.0682. The van der Waals surface area contributed by atoms with E-state index in [9.17, 15) is 22.8 Å². The van der Waals surface area contributed by atoms with Crippen LogP contribution >= 0.6 is 7.51 Å². The molecule has 3 N–H and O–H groups in total. The number of hydrogen-bond acceptors (Lipinski definition) is 5. The van der Waals surface area contributed by atoms with E-state index >= 15 is 0 Å². The number of hydrogen-bond donors (Lipinski definition) is 3. The summed E-state index contributed by atoms with van der Waals surface area (Å²) in [4.78, 5) is 25.6. The van der Waals surface area contributed by atoms with E-state index in [1.807, 2.05) is 0 Å². The Kier molecular flexibility index (Phi) is 8.04.